The first kappa shape index (κ1) is 19.3. The second-order valence-corrected chi connectivity index (χ2v) is 9.25. The molecule has 6 heteroatoms. The van der Waals surface area contributed by atoms with Gasteiger partial charge < -0.3 is 14.5 Å². The molecule has 4 aromatic rings. The van der Waals surface area contributed by atoms with Gasteiger partial charge in [-0.15, -0.1) is 10.2 Å². The van der Waals surface area contributed by atoms with Crippen LogP contribution in [-0.2, 0) is 11.3 Å². The summed E-state index contributed by atoms with van der Waals surface area (Å²) in [6, 6.07) is 17.1. The minimum atomic E-state index is 0.303. The predicted octanol–water partition coefficient (Wildman–Crippen LogP) is 4.66. The maximum Gasteiger partial charge on any atom is 0.225 e. The molecule has 6 nitrogen and oxygen atoms in total. The summed E-state index contributed by atoms with van der Waals surface area (Å²) in [4.78, 5) is 17.8. The molecule has 1 aliphatic carbocycles. The van der Waals surface area contributed by atoms with Gasteiger partial charge in [-0.05, 0) is 60.7 Å². The third-order valence-corrected chi connectivity index (χ3v) is 6.93. The van der Waals surface area contributed by atoms with E-state index < -0.39 is 0 Å². The SMILES string of the molecule is Cc1nnc(-c2ccc(-c3ccc4cc[nH]c4c3)cc2)n1C[C@@H]1CCN(C(=O)C2CC2)C1. The monoisotopic (exact) mass is 425 g/mol. The Hall–Kier alpha value is -3.41. The number of benzene rings is 2. The van der Waals surface area contributed by atoms with E-state index in [0.717, 1.165) is 61.6 Å². The van der Waals surface area contributed by atoms with E-state index in [4.69, 9.17) is 0 Å². The van der Waals surface area contributed by atoms with Crippen LogP contribution in [0, 0.1) is 18.8 Å². The molecule has 0 radical (unpaired) electrons. The van der Waals surface area contributed by atoms with Crippen LogP contribution in [0.2, 0.25) is 0 Å². The van der Waals surface area contributed by atoms with Gasteiger partial charge in [0.05, 0.1) is 0 Å². The topological polar surface area (TPSA) is 66.8 Å². The summed E-state index contributed by atoms with van der Waals surface area (Å²) in [6.45, 7) is 4.61. The van der Waals surface area contributed by atoms with E-state index in [1.807, 2.05) is 13.1 Å². The zero-order valence-corrected chi connectivity index (χ0v) is 18.3. The molecule has 2 aliphatic rings. The van der Waals surface area contributed by atoms with Gasteiger partial charge in [0.1, 0.15) is 5.82 Å². The molecule has 6 rings (SSSR count). The van der Waals surface area contributed by atoms with Gasteiger partial charge in [0.2, 0.25) is 5.91 Å². The van der Waals surface area contributed by atoms with E-state index in [0.29, 0.717) is 17.7 Å². The van der Waals surface area contributed by atoms with E-state index in [1.165, 1.54) is 16.5 Å². The van der Waals surface area contributed by atoms with Gasteiger partial charge in [0.25, 0.3) is 0 Å². The molecule has 162 valence electrons. The van der Waals surface area contributed by atoms with Crippen molar-refractivity contribution in [3.05, 3.63) is 60.6 Å². The van der Waals surface area contributed by atoms with Crippen LogP contribution >= 0.6 is 0 Å². The molecule has 2 aromatic heterocycles. The van der Waals surface area contributed by atoms with Crippen LogP contribution in [0.1, 0.15) is 25.1 Å². The fourth-order valence-corrected chi connectivity index (χ4v) is 4.88. The first-order valence-corrected chi connectivity index (χ1v) is 11.5. The summed E-state index contributed by atoms with van der Waals surface area (Å²) >= 11 is 0. The lowest BCUT2D eigenvalue weighted by Crippen LogP contribution is -2.30. The van der Waals surface area contributed by atoms with Gasteiger partial charge in [0.15, 0.2) is 5.82 Å². The van der Waals surface area contributed by atoms with Crippen LogP contribution in [0.25, 0.3) is 33.4 Å². The van der Waals surface area contributed by atoms with E-state index in [1.54, 1.807) is 0 Å². The lowest BCUT2D eigenvalue weighted by Gasteiger charge is -2.17. The van der Waals surface area contributed by atoms with Crippen LogP contribution in [0.3, 0.4) is 0 Å². The van der Waals surface area contributed by atoms with Gasteiger partial charge in [0, 0.05) is 42.8 Å². The van der Waals surface area contributed by atoms with Crippen LogP contribution in [-0.4, -0.2) is 43.6 Å². The van der Waals surface area contributed by atoms with Crippen molar-refractivity contribution >= 4 is 16.8 Å². The highest BCUT2D eigenvalue weighted by Gasteiger charge is 2.36. The second kappa shape index (κ2) is 7.62. The van der Waals surface area contributed by atoms with Crippen molar-refractivity contribution in [1.29, 1.82) is 0 Å². The van der Waals surface area contributed by atoms with Crippen LogP contribution in [0.4, 0.5) is 0 Å². The first-order valence-electron chi connectivity index (χ1n) is 11.5. The van der Waals surface area contributed by atoms with E-state index in [2.05, 4.69) is 73.2 Å². The summed E-state index contributed by atoms with van der Waals surface area (Å²) in [5.74, 6) is 2.95. The normalized spacial score (nSPS) is 18.5. The van der Waals surface area contributed by atoms with E-state index in [-0.39, 0.29) is 0 Å². The van der Waals surface area contributed by atoms with Gasteiger partial charge in [-0.25, -0.2) is 0 Å². The molecular formula is C26H27N5O. The van der Waals surface area contributed by atoms with E-state index in [9.17, 15) is 4.79 Å². The maximum atomic E-state index is 12.4. The number of amides is 1. The highest BCUT2D eigenvalue weighted by atomic mass is 16.2. The molecule has 1 amide bonds. The highest BCUT2D eigenvalue weighted by molar-refractivity contribution is 5.85. The molecule has 3 heterocycles. The number of aromatic amines is 1. The number of nitrogens with one attached hydrogen (secondary N) is 1. The molecule has 32 heavy (non-hydrogen) atoms. The van der Waals surface area contributed by atoms with Crippen molar-refractivity contribution in [2.24, 2.45) is 11.8 Å². The number of carbonyl (C=O) groups is 1. The Labute approximate surface area is 187 Å². The molecule has 1 saturated heterocycles. The fourth-order valence-electron chi connectivity index (χ4n) is 4.88. The van der Waals surface area contributed by atoms with Crippen molar-refractivity contribution in [2.75, 3.05) is 13.1 Å². The number of aromatic nitrogens is 4. The lowest BCUT2D eigenvalue weighted by molar-refractivity contribution is -0.131. The first-order chi connectivity index (χ1) is 15.7. The number of nitrogens with zero attached hydrogens (tertiary/aromatic N) is 4. The molecule has 1 aliphatic heterocycles. The fraction of sp³-hybridized carbons (Fsp3) is 0.346. The standard InChI is InChI=1S/C26H27N5O/c1-17-28-29-25(31(17)16-18-11-13-30(15-18)26(32)22-7-8-22)21-5-2-19(3-6-21)23-9-4-20-10-12-27-24(20)14-23/h2-6,9-10,12,14,18,22,27H,7-8,11,13,15-16H2,1H3/t18-/m1/s1. The van der Waals surface area contributed by atoms with Crippen LogP contribution in [0.15, 0.2) is 54.7 Å². The third kappa shape index (κ3) is 3.49. The summed E-state index contributed by atoms with van der Waals surface area (Å²) in [7, 11) is 0. The zero-order chi connectivity index (χ0) is 21.7. The largest absolute Gasteiger partial charge is 0.361 e. The second-order valence-electron chi connectivity index (χ2n) is 9.25. The molecule has 0 bridgehead atoms. The molecule has 0 unspecified atom stereocenters. The molecule has 0 spiro atoms. The molecule has 2 fully saturated rings. The Kier molecular flexibility index (Phi) is 4.59. The summed E-state index contributed by atoms with van der Waals surface area (Å²) < 4.78 is 2.22. The summed E-state index contributed by atoms with van der Waals surface area (Å²) in [5.41, 5.74) is 4.58. The Morgan fingerprint density at radius 2 is 1.78 bits per heavy atom. The average molecular weight is 426 g/mol. The minimum Gasteiger partial charge on any atom is -0.361 e. The molecule has 2 aromatic carbocycles. The van der Waals surface area contributed by atoms with Crippen LogP contribution in [0.5, 0.6) is 0 Å². The summed E-state index contributed by atoms with van der Waals surface area (Å²) in [5, 5.41) is 10.1. The Bertz CT molecular complexity index is 1280. The molecular weight excluding hydrogens is 398 g/mol. The highest BCUT2D eigenvalue weighted by Crippen LogP contribution is 2.33. The number of carbonyl (C=O) groups excluding carboxylic acids is 1. The number of H-pyrrole nitrogens is 1. The van der Waals surface area contributed by atoms with Gasteiger partial charge in [-0.3, -0.25) is 4.79 Å². The van der Waals surface area contributed by atoms with Crippen molar-refractivity contribution < 1.29 is 4.79 Å². The zero-order valence-electron chi connectivity index (χ0n) is 18.3. The average Bonchev–Trinajstić information content (AvgIpc) is 3.21. The van der Waals surface area contributed by atoms with Gasteiger partial charge in [-0.1, -0.05) is 36.4 Å². The number of fused-ring (bicyclic) bond motifs is 1. The Balaban J connectivity index is 1.21. The summed E-state index contributed by atoms with van der Waals surface area (Å²) in [6.07, 6.45) is 5.17. The molecule has 1 saturated carbocycles. The van der Waals surface area contributed by atoms with Crippen molar-refractivity contribution in [2.45, 2.75) is 32.7 Å². The van der Waals surface area contributed by atoms with Crippen molar-refractivity contribution in [3.63, 3.8) is 0 Å². The molecule has 1 N–H and O–H groups in total. The molecule has 1 atom stereocenters. The van der Waals surface area contributed by atoms with Crippen LogP contribution < -0.4 is 0 Å². The Morgan fingerprint density at radius 1 is 1.00 bits per heavy atom. The number of rotatable bonds is 5. The van der Waals surface area contributed by atoms with Crippen molar-refractivity contribution in [1.82, 2.24) is 24.6 Å². The minimum absolute atomic E-state index is 0.303. The van der Waals surface area contributed by atoms with Gasteiger partial charge >= 0.3 is 0 Å². The number of likely N-dealkylation sites (tertiary alicyclic amines) is 1. The quantitative estimate of drug-likeness (QED) is 0.506. The van der Waals surface area contributed by atoms with E-state index >= 15 is 0 Å². The number of hydrogen-bond acceptors (Lipinski definition) is 3. The smallest absolute Gasteiger partial charge is 0.225 e. The van der Waals surface area contributed by atoms with Gasteiger partial charge in [-0.2, -0.15) is 0 Å². The number of hydrogen-bond donors (Lipinski definition) is 1. The number of aryl methyl sites for hydroxylation is 1. The third-order valence-electron chi connectivity index (χ3n) is 6.93. The Morgan fingerprint density at radius 3 is 2.59 bits per heavy atom. The van der Waals surface area contributed by atoms with Crippen molar-refractivity contribution in [3.8, 4) is 22.5 Å². The lowest BCUT2D eigenvalue weighted by atomic mass is 10.0. The maximum absolute atomic E-state index is 12.4. The predicted molar refractivity (Wildman–Crippen MR) is 125 cm³/mol.